The van der Waals surface area contributed by atoms with Gasteiger partial charge < -0.3 is 21.4 Å². The standard InChI is InChI=1S/C14H22FN3O2/c1-2-10(6-7-19)8-17-9-11-4-3-5-12(13(11)15)14(16)18-20/h3-5,10,17,19-20H,2,6-9H2,1H3,(H2,16,18). The summed E-state index contributed by atoms with van der Waals surface area (Å²) in [7, 11) is 0. The number of rotatable bonds is 8. The minimum Gasteiger partial charge on any atom is -0.409 e. The number of oxime groups is 1. The van der Waals surface area contributed by atoms with Gasteiger partial charge in [-0.2, -0.15) is 0 Å². The van der Waals surface area contributed by atoms with E-state index >= 15 is 0 Å². The van der Waals surface area contributed by atoms with E-state index in [0.717, 1.165) is 12.8 Å². The second kappa shape index (κ2) is 8.50. The van der Waals surface area contributed by atoms with Crippen LogP contribution in [0.5, 0.6) is 0 Å². The topological polar surface area (TPSA) is 90.9 Å². The molecule has 0 amide bonds. The molecule has 0 radical (unpaired) electrons. The molecule has 0 heterocycles. The molecule has 1 aromatic rings. The van der Waals surface area contributed by atoms with Crippen LogP contribution in [0.1, 0.15) is 30.9 Å². The normalized spacial score (nSPS) is 13.4. The molecule has 0 bridgehead atoms. The molecule has 20 heavy (non-hydrogen) atoms. The third kappa shape index (κ3) is 4.47. The van der Waals surface area contributed by atoms with Crippen LogP contribution >= 0.6 is 0 Å². The van der Waals surface area contributed by atoms with Crippen LogP contribution < -0.4 is 11.1 Å². The van der Waals surface area contributed by atoms with Crippen molar-refractivity contribution in [3.05, 3.63) is 35.1 Å². The van der Waals surface area contributed by atoms with E-state index in [2.05, 4.69) is 17.4 Å². The highest BCUT2D eigenvalue weighted by molar-refractivity contribution is 5.97. The fourth-order valence-corrected chi connectivity index (χ4v) is 2.01. The second-order valence-electron chi connectivity index (χ2n) is 4.68. The summed E-state index contributed by atoms with van der Waals surface area (Å²) in [6, 6.07) is 4.79. The lowest BCUT2D eigenvalue weighted by atomic mass is 10.0. The van der Waals surface area contributed by atoms with Gasteiger partial charge in [0.15, 0.2) is 5.84 Å². The van der Waals surface area contributed by atoms with Crippen LogP contribution in [0.2, 0.25) is 0 Å². The first-order valence-corrected chi connectivity index (χ1v) is 6.70. The molecule has 1 atom stereocenters. The Bertz CT molecular complexity index is 452. The Morgan fingerprint density at radius 3 is 2.85 bits per heavy atom. The Labute approximate surface area is 118 Å². The van der Waals surface area contributed by atoms with Gasteiger partial charge in [-0.15, -0.1) is 0 Å². The van der Waals surface area contributed by atoms with Crippen molar-refractivity contribution in [1.82, 2.24) is 5.32 Å². The van der Waals surface area contributed by atoms with Crippen molar-refractivity contribution in [3.8, 4) is 0 Å². The van der Waals surface area contributed by atoms with Crippen LogP contribution in [0.3, 0.4) is 0 Å². The molecule has 0 aliphatic heterocycles. The average Bonchev–Trinajstić information content (AvgIpc) is 2.47. The highest BCUT2D eigenvalue weighted by atomic mass is 19.1. The summed E-state index contributed by atoms with van der Waals surface area (Å²) < 4.78 is 14.1. The molecule has 0 aromatic heterocycles. The molecule has 6 heteroatoms. The van der Waals surface area contributed by atoms with Crippen LogP contribution in [0.15, 0.2) is 23.4 Å². The summed E-state index contributed by atoms with van der Waals surface area (Å²) in [4.78, 5) is 0. The quantitative estimate of drug-likeness (QED) is 0.251. The van der Waals surface area contributed by atoms with Crippen molar-refractivity contribution in [2.45, 2.75) is 26.3 Å². The number of halogens is 1. The van der Waals surface area contributed by atoms with Crippen molar-refractivity contribution in [2.75, 3.05) is 13.2 Å². The maximum atomic E-state index is 14.1. The molecule has 1 rings (SSSR count). The lowest BCUT2D eigenvalue weighted by Gasteiger charge is -2.15. The van der Waals surface area contributed by atoms with Crippen LogP contribution in [0.25, 0.3) is 0 Å². The lowest BCUT2D eigenvalue weighted by Crippen LogP contribution is -2.24. The number of nitrogens with zero attached hydrogens (tertiary/aromatic N) is 1. The number of aliphatic hydroxyl groups excluding tert-OH is 1. The lowest BCUT2D eigenvalue weighted by molar-refractivity contribution is 0.251. The van der Waals surface area contributed by atoms with E-state index in [1.807, 2.05) is 0 Å². The van der Waals surface area contributed by atoms with Crippen LogP contribution in [0.4, 0.5) is 4.39 Å². The number of benzene rings is 1. The van der Waals surface area contributed by atoms with Gasteiger partial charge in [0.2, 0.25) is 0 Å². The predicted octanol–water partition coefficient (Wildman–Crippen LogP) is 1.42. The predicted molar refractivity (Wildman–Crippen MR) is 76.1 cm³/mol. The SMILES string of the molecule is CCC(CCO)CNCc1cccc(/C(N)=N/O)c1F. The molecule has 0 aliphatic rings. The van der Waals surface area contributed by atoms with Gasteiger partial charge in [0.25, 0.3) is 0 Å². The molecular formula is C14H22FN3O2. The van der Waals surface area contributed by atoms with Crippen molar-refractivity contribution in [1.29, 1.82) is 0 Å². The third-order valence-electron chi connectivity index (χ3n) is 3.33. The van der Waals surface area contributed by atoms with Crippen molar-refractivity contribution < 1.29 is 14.7 Å². The van der Waals surface area contributed by atoms with E-state index in [1.165, 1.54) is 6.07 Å². The minimum atomic E-state index is -0.481. The van der Waals surface area contributed by atoms with Gasteiger partial charge in [-0.1, -0.05) is 30.6 Å². The van der Waals surface area contributed by atoms with Gasteiger partial charge in [0.1, 0.15) is 5.82 Å². The molecular weight excluding hydrogens is 261 g/mol. The van der Waals surface area contributed by atoms with E-state index in [9.17, 15) is 4.39 Å². The van der Waals surface area contributed by atoms with Gasteiger partial charge in [-0.05, 0) is 24.9 Å². The molecule has 0 fully saturated rings. The zero-order valence-corrected chi connectivity index (χ0v) is 11.6. The van der Waals surface area contributed by atoms with Crippen molar-refractivity contribution in [2.24, 2.45) is 16.8 Å². The van der Waals surface area contributed by atoms with Gasteiger partial charge in [-0.3, -0.25) is 0 Å². The molecule has 1 unspecified atom stereocenters. The smallest absolute Gasteiger partial charge is 0.173 e. The fraction of sp³-hybridized carbons (Fsp3) is 0.500. The first-order valence-electron chi connectivity index (χ1n) is 6.70. The molecule has 112 valence electrons. The molecule has 0 aliphatic carbocycles. The van der Waals surface area contributed by atoms with Gasteiger partial charge in [-0.25, -0.2) is 4.39 Å². The number of hydrogen-bond acceptors (Lipinski definition) is 4. The van der Waals surface area contributed by atoms with Crippen molar-refractivity contribution in [3.63, 3.8) is 0 Å². The number of nitrogens with two attached hydrogens (primary N) is 1. The van der Waals surface area contributed by atoms with E-state index in [4.69, 9.17) is 16.0 Å². The maximum absolute atomic E-state index is 14.1. The van der Waals surface area contributed by atoms with E-state index in [1.54, 1.807) is 12.1 Å². The number of nitrogens with one attached hydrogen (secondary N) is 1. The second-order valence-corrected chi connectivity index (χ2v) is 4.68. The summed E-state index contributed by atoms with van der Waals surface area (Å²) in [6.07, 6.45) is 1.69. The summed E-state index contributed by atoms with van der Waals surface area (Å²) in [5.41, 5.74) is 5.97. The first kappa shape index (κ1) is 16.4. The molecule has 5 N–H and O–H groups in total. The molecule has 0 saturated heterocycles. The highest BCUT2D eigenvalue weighted by Crippen LogP contribution is 2.13. The largest absolute Gasteiger partial charge is 0.409 e. The Morgan fingerprint density at radius 1 is 1.50 bits per heavy atom. The van der Waals surface area contributed by atoms with Crippen LogP contribution in [-0.2, 0) is 6.54 Å². The molecule has 0 spiro atoms. The minimum absolute atomic E-state index is 0.0919. The van der Waals surface area contributed by atoms with Crippen molar-refractivity contribution >= 4 is 5.84 Å². The third-order valence-corrected chi connectivity index (χ3v) is 3.33. The van der Waals surface area contributed by atoms with Crippen LogP contribution in [-0.4, -0.2) is 29.3 Å². The summed E-state index contributed by atoms with van der Waals surface area (Å²) in [5, 5.41) is 23.5. The molecule has 1 aromatic carbocycles. The monoisotopic (exact) mass is 283 g/mol. The summed E-state index contributed by atoms with van der Waals surface area (Å²) >= 11 is 0. The van der Waals surface area contributed by atoms with Gasteiger partial charge in [0, 0.05) is 18.7 Å². The van der Waals surface area contributed by atoms with Gasteiger partial charge in [0.05, 0.1) is 5.56 Å². The van der Waals surface area contributed by atoms with E-state index in [-0.39, 0.29) is 18.0 Å². The van der Waals surface area contributed by atoms with Crippen LogP contribution in [0, 0.1) is 11.7 Å². The first-order chi connectivity index (χ1) is 9.63. The Morgan fingerprint density at radius 2 is 2.25 bits per heavy atom. The zero-order valence-electron chi connectivity index (χ0n) is 11.6. The number of aliphatic hydroxyl groups is 1. The Kier molecular flexibility index (Phi) is 6.97. The Balaban J connectivity index is 2.65. The van der Waals surface area contributed by atoms with Gasteiger partial charge >= 0.3 is 0 Å². The summed E-state index contributed by atoms with van der Waals surface area (Å²) in [5.74, 6) is -0.350. The number of hydrogen-bond donors (Lipinski definition) is 4. The van der Waals surface area contributed by atoms with E-state index in [0.29, 0.717) is 24.6 Å². The average molecular weight is 283 g/mol. The number of amidine groups is 1. The highest BCUT2D eigenvalue weighted by Gasteiger charge is 2.12. The summed E-state index contributed by atoms with van der Waals surface area (Å²) in [6.45, 7) is 3.29. The van der Waals surface area contributed by atoms with E-state index < -0.39 is 5.82 Å². The molecule has 5 nitrogen and oxygen atoms in total. The maximum Gasteiger partial charge on any atom is 0.173 e. The zero-order chi connectivity index (χ0) is 15.0. The Hall–Kier alpha value is -1.66. The fourth-order valence-electron chi connectivity index (χ4n) is 2.01. The molecule has 0 saturated carbocycles.